The molecule has 0 aliphatic rings. The molecule has 5 aromatic rings. The van der Waals surface area contributed by atoms with Crippen LogP contribution >= 0.6 is 54.5 Å². The van der Waals surface area contributed by atoms with Crippen LogP contribution in [0.3, 0.4) is 0 Å². The predicted octanol–water partition coefficient (Wildman–Crippen LogP) is 15.2. The number of rotatable bonds is 22. The van der Waals surface area contributed by atoms with Crippen LogP contribution in [0.2, 0.25) is 0 Å². The molecule has 0 aliphatic heterocycles. The lowest BCUT2D eigenvalue weighted by atomic mass is 9.83. The average molecular weight is 841 g/mol. The predicted molar refractivity (Wildman–Crippen MR) is 229 cm³/mol. The van der Waals surface area contributed by atoms with Crippen molar-refractivity contribution in [2.24, 2.45) is 11.8 Å². The molecule has 2 nitrogen and oxygen atoms in total. The SMILES string of the molecule is CCCCCCC(CCCC)Cc1c2cc(-c3ccc(Br)s3)c(=O)c2c(CC(CCCC)CCCCCC)c2cc(-c3ccc(Br)s3)c(=O)c12. The number of hydrogen-bond donors (Lipinski definition) is 0. The largest absolute Gasteiger partial charge is 0.289 e. The van der Waals surface area contributed by atoms with Crippen LogP contribution in [-0.2, 0) is 12.8 Å². The van der Waals surface area contributed by atoms with E-state index >= 15 is 0 Å². The molecule has 6 heteroatoms. The highest BCUT2D eigenvalue weighted by atomic mass is 79.9. The highest BCUT2D eigenvalue weighted by Crippen LogP contribution is 2.42. The van der Waals surface area contributed by atoms with Gasteiger partial charge in [-0.2, -0.15) is 0 Å². The van der Waals surface area contributed by atoms with Gasteiger partial charge in [0.15, 0.2) is 10.9 Å². The van der Waals surface area contributed by atoms with Crippen molar-refractivity contribution in [1.29, 1.82) is 0 Å². The van der Waals surface area contributed by atoms with Gasteiger partial charge in [-0.15, -0.1) is 22.7 Å². The van der Waals surface area contributed by atoms with Crippen molar-refractivity contribution in [2.75, 3.05) is 0 Å². The number of unbranched alkanes of at least 4 members (excludes halogenated alkanes) is 8. The van der Waals surface area contributed by atoms with E-state index in [1.54, 1.807) is 22.7 Å². The molecule has 0 N–H and O–H groups in total. The number of hydrogen-bond acceptors (Lipinski definition) is 4. The summed E-state index contributed by atoms with van der Waals surface area (Å²) in [5.41, 5.74) is 4.15. The fourth-order valence-electron chi connectivity index (χ4n) is 8.11. The summed E-state index contributed by atoms with van der Waals surface area (Å²) in [7, 11) is 0. The van der Waals surface area contributed by atoms with Crippen LogP contribution in [0.4, 0.5) is 0 Å². The van der Waals surface area contributed by atoms with Gasteiger partial charge in [-0.05, 0) is 115 Å². The number of thiophene rings is 2. The lowest BCUT2D eigenvalue weighted by Crippen LogP contribution is -2.12. The van der Waals surface area contributed by atoms with E-state index in [0.29, 0.717) is 11.8 Å². The highest BCUT2D eigenvalue weighted by molar-refractivity contribution is 9.11. The van der Waals surface area contributed by atoms with Crippen molar-refractivity contribution >= 4 is 76.1 Å². The first-order valence-corrected chi connectivity index (χ1v) is 22.8. The van der Waals surface area contributed by atoms with Gasteiger partial charge in [0.25, 0.3) is 0 Å². The Bertz CT molecular complexity index is 1770. The van der Waals surface area contributed by atoms with Gasteiger partial charge >= 0.3 is 0 Å². The number of benzene rings is 1. The van der Waals surface area contributed by atoms with E-state index in [2.05, 4.69) is 83.8 Å². The third kappa shape index (κ3) is 9.49. The standard InChI is InChI=1S/C44H56Br2O2S2/c1-5-9-13-15-19-29(17-11-7-3)25-31-33-27-35(37-21-23-39(45)49-37)44(48)42(33)32(26-30(18-12-8-4)20-16-14-10-6-2)34-28-36(43(47)41(31)34)38-22-24-40(46)50-38/h21-24,27-30H,5-20,25-26H2,1-4H3. The van der Waals surface area contributed by atoms with Gasteiger partial charge < -0.3 is 0 Å². The van der Waals surface area contributed by atoms with Gasteiger partial charge in [-0.1, -0.05) is 130 Å². The molecule has 0 saturated carbocycles. The fourth-order valence-corrected chi connectivity index (χ4v) is 10.9. The molecule has 2 unspecified atom stereocenters. The zero-order valence-corrected chi connectivity index (χ0v) is 35.5. The van der Waals surface area contributed by atoms with Crippen molar-refractivity contribution in [2.45, 2.75) is 143 Å². The first kappa shape index (κ1) is 39.6. The molecule has 3 aromatic carbocycles. The second kappa shape index (κ2) is 19.5. The number of fused-ring (bicyclic) bond motifs is 2. The molecular weight excluding hydrogens is 784 g/mol. The van der Waals surface area contributed by atoms with E-state index in [-0.39, 0.29) is 10.9 Å². The first-order valence-electron chi connectivity index (χ1n) is 19.6. The molecule has 0 radical (unpaired) electrons. The minimum absolute atomic E-state index is 0.148. The molecule has 0 bridgehead atoms. The Morgan fingerprint density at radius 1 is 0.520 bits per heavy atom. The van der Waals surface area contributed by atoms with Crippen LogP contribution in [0, 0.1) is 11.8 Å². The molecule has 2 aromatic heterocycles. The summed E-state index contributed by atoms with van der Waals surface area (Å²) in [5.74, 6) is 0.996. The Morgan fingerprint density at radius 3 is 1.24 bits per heavy atom. The summed E-state index contributed by atoms with van der Waals surface area (Å²) in [5, 5.41) is 3.89. The molecule has 0 saturated heterocycles. The van der Waals surface area contributed by atoms with Crippen LogP contribution < -0.4 is 10.9 Å². The molecule has 0 amide bonds. The molecule has 0 fully saturated rings. The molecule has 0 aliphatic carbocycles. The van der Waals surface area contributed by atoms with Crippen LogP contribution in [-0.4, -0.2) is 0 Å². The van der Waals surface area contributed by atoms with Crippen LogP contribution in [0.5, 0.6) is 0 Å². The maximum atomic E-state index is 14.8. The van der Waals surface area contributed by atoms with Gasteiger partial charge in [-0.3, -0.25) is 9.59 Å². The topological polar surface area (TPSA) is 34.1 Å². The highest BCUT2D eigenvalue weighted by Gasteiger charge is 2.28. The summed E-state index contributed by atoms with van der Waals surface area (Å²) in [6.45, 7) is 9.11. The third-order valence-electron chi connectivity index (χ3n) is 10.8. The molecule has 2 heterocycles. The van der Waals surface area contributed by atoms with E-state index in [4.69, 9.17) is 0 Å². The van der Waals surface area contributed by atoms with E-state index < -0.39 is 0 Å². The van der Waals surface area contributed by atoms with E-state index in [0.717, 1.165) is 74.0 Å². The lowest BCUT2D eigenvalue weighted by Gasteiger charge is -2.21. The van der Waals surface area contributed by atoms with Gasteiger partial charge in [0.05, 0.1) is 7.57 Å². The Hall–Kier alpha value is -1.60. The lowest BCUT2D eigenvalue weighted by molar-refractivity contribution is 0.411. The normalized spacial score (nSPS) is 13.2. The number of halogens is 2. The van der Waals surface area contributed by atoms with Crippen molar-refractivity contribution in [1.82, 2.24) is 0 Å². The second-order valence-electron chi connectivity index (χ2n) is 14.6. The summed E-state index contributed by atoms with van der Waals surface area (Å²) in [6, 6.07) is 12.6. The van der Waals surface area contributed by atoms with Crippen LogP contribution in [0.25, 0.3) is 42.4 Å². The zero-order valence-electron chi connectivity index (χ0n) is 30.7. The Kier molecular flexibility index (Phi) is 15.4. The summed E-state index contributed by atoms with van der Waals surface area (Å²) in [6.07, 6.45) is 21.1. The Labute approximate surface area is 325 Å². The molecule has 2 atom stereocenters. The van der Waals surface area contributed by atoms with Crippen molar-refractivity contribution in [3.8, 4) is 20.9 Å². The molecular formula is C44H56Br2O2S2. The zero-order chi connectivity index (χ0) is 35.6. The summed E-state index contributed by atoms with van der Waals surface area (Å²) >= 11 is 10.6. The Balaban J connectivity index is 1.76. The van der Waals surface area contributed by atoms with Crippen molar-refractivity contribution in [3.05, 3.63) is 75.5 Å². The summed E-state index contributed by atoms with van der Waals surface area (Å²) < 4.78 is 2.06. The van der Waals surface area contributed by atoms with E-state index in [1.807, 2.05) is 12.1 Å². The van der Waals surface area contributed by atoms with Gasteiger partial charge in [0, 0.05) is 31.7 Å². The third-order valence-corrected chi connectivity index (χ3v) is 14.2. The quantitative estimate of drug-likeness (QED) is 0.0651. The minimum Gasteiger partial charge on any atom is -0.289 e. The fraction of sp³-hybridized carbons (Fsp3) is 0.545. The van der Waals surface area contributed by atoms with Gasteiger partial charge in [-0.25, -0.2) is 0 Å². The molecule has 5 rings (SSSR count). The first-order chi connectivity index (χ1) is 24.3. The van der Waals surface area contributed by atoms with Crippen LogP contribution in [0.15, 0.2) is 53.6 Å². The van der Waals surface area contributed by atoms with E-state index in [9.17, 15) is 9.59 Å². The maximum absolute atomic E-state index is 14.8. The van der Waals surface area contributed by atoms with Gasteiger partial charge in [0.1, 0.15) is 0 Å². The maximum Gasteiger partial charge on any atom is 0.195 e. The van der Waals surface area contributed by atoms with Gasteiger partial charge in [0.2, 0.25) is 0 Å². The average Bonchev–Trinajstić information content (AvgIpc) is 3.89. The summed E-state index contributed by atoms with van der Waals surface area (Å²) in [4.78, 5) is 31.7. The van der Waals surface area contributed by atoms with Crippen molar-refractivity contribution < 1.29 is 0 Å². The molecule has 270 valence electrons. The van der Waals surface area contributed by atoms with Crippen LogP contribution in [0.1, 0.15) is 142 Å². The van der Waals surface area contributed by atoms with Crippen molar-refractivity contribution in [3.63, 3.8) is 0 Å². The van der Waals surface area contributed by atoms with E-state index in [1.165, 1.54) is 103 Å². The second-order valence-corrected chi connectivity index (χ2v) is 19.6. The monoisotopic (exact) mass is 838 g/mol. The smallest absolute Gasteiger partial charge is 0.195 e. The minimum atomic E-state index is 0.148. The molecule has 0 spiro atoms. The molecule has 50 heavy (non-hydrogen) atoms. The Morgan fingerprint density at radius 2 is 0.900 bits per heavy atom.